The Morgan fingerprint density at radius 2 is 2.14 bits per heavy atom. The number of anilines is 1. The molecule has 1 heterocycles. The first-order valence-electron chi connectivity index (χ1n) is 6.79. The van der Waals surface area contributed by atoms with E-state index in [-0.39, 0.29) is 12.0 Å². The Bertz CT molecular complexity index is 502. The van der Waals surface area contributed by atoms with Crippen LogP contribution in [0.15, 0.2) is 21.1 Å². The monoisotopic (exact) mass is 419 g/mol. The number of carbonyl (C=O) groups is 1. The average Bonchev–Trinajstić information content (AvgIpc) is 2.43. The first-order valence-corrected chi connectivity index (χ1v) is 8.37. The molecule has 0 bridgehead atoms. The third-order valence-electron chi connectivity index (χ3n) is 3.30. The molecule has 2 rings (SSSR count). The van der Waals surface area contributed by atoms with Crippen molar-refractivity contribution in [1.82, 2.24) is 4.90 Å². The zero-order valence-corrected chi connectivity index (χ0v) is 15.0. The van der Waals surface area contributed by atoms with Crippen LogP contribution in [0.25, 0.3) is 0 Å². The van der Waals surface area contributed by atoms with Gasteiger partial charge in [-0.15, -0.1) is 0 Å². The summed E-state index contributed by atoms with van der Waals surface area (Å²) in [6.45, 7) is 4.88. The quantitative estimate of drug-likeness (QED) is 0.782. The van der Waals surface area contributed by atoms with Crippen LogP contribution in [-0.4, -0.2) is 49.7 Å². The number of nitrogens with one attached hydrogen (secondary N) is 1. The summed E-state index contributed by atoms with van der Waals surface area (Å²) in [7, 11) is 0. The molecule has 0 radical (unpaired) electrons. The highest BCUT2D eigenvalue weighted by atomic mass is 79.9. The van der Waals surface area contributed by atoms with Gasteiger partial charge in [-0.25, -0.2) is 0 Å². The molecular weight excluding hydrogens is 402 g/mol. The van der Waals surface area contributed by atoms with Crippen LogP contribution < -0.4 is 11.1 Å². The Balaban J connectivity index is 1.96. The van der Waals surface area contributed by atoms with E-state index in [1.807, 2.05) is 19.1 Å². The fraction of sp³-hybridized carbons (Fsp3) is 0.500. The number of amides is 1. The molecule has 1 aromatic carbocycles. The number of aryl methyl sites for hydroxylation is 1. The first kappa shape index (κ1) is 16.9. The predicted octanol–water partition coefficient (Wildman–Crippen LogP) is 2.12. The van der Waals surface area contributed by atoms with E-state index in [1.165, 1.54) is 0 Å². The van der Waals surface area contributed by atoms with Gasteiger partial charge in [0.05, 0.1) is 24.9 Å². The highest BCUT2D eigenvalue weighted by molar-refractivity contribution is 9.11. The number of nitrogens with two attached hydrogens (primary N) is 1. The molecule has 0 saturated carbocycles. The molecule has 1 aromatic rings. The second-order valence-corrected chi connectivity index (χ2v) is 6.82. The summed E-state index contributed by atoms with van der Waals surface area (Å²) < 4.78 is 7.23. The fourth-order valence-corrected chi connectivity index (χ4v) is 3.88. The third kappa shape index (κ3) is 4.75. The Morgan fingerprint density at radius 3 is 2.76 bits per heavy atom. The van der Waals surface area contributed by atoms with E-state index < -0.39 is 0 Å². The second kappa shape index (κ2) is 7.69. The van der Waals surface area contributed by atoms with Crippen LogP contribution in [-0.2, 0) is 9.53 Å². The van der Waals surface area contributed by atoms with Crippen LogP contribution in [0.2, 0.25) is 0 Å². The average molecular weight is 421 g/mol. The summed E-state index contributed by atoms with van der Waals surface area (Å²) in [5, 5.41) is 2.94. The summed E-state index contributed by atoms with van der Waals surface area (Å²) in [6.07, 6.45) is 0.0180. The van der Waals surface area contributed by atoms with E-state index in [9.17, 15) is 4.79 Å². The summed E-state index contributed by atoms with van der Waals surface area (Å²) >= 11 is 6.96. The van der Waals surface area contributed by atoms with E-state index in [4.69, 9.17) is 10.5 Å². The standard InChI is InChI=1S/C14H19Br2N3O2/c1-9-4-11(15)14(12(16)5-9)18-13(20)8-19-2-3-21-10(6-17)7-19/h4-5,10H,2-3,6-8,17H2,1H3,(H,18,20). The lowest BCUT2D eigenvalue weighted by Crippen LogP contribution is -2.48. The second-order valence-electron chi connectivity index (χ2n) is 5.12. The Labute approximate surface area is 141 Å². The number of ether oxygens (including phenoxy) is 1. The number of benzene rings is 1. The maximum Gasteiger partial charge on any atom is 0.238 e. The number of rotatable bonds is 4. The summed E-state index contributed by atoms with van der Waals surface area (Å²) in [5.41, 5.74) is 7.48. The van der Waals surface area contributed by atoms with Crippen LogP contribution >= 0.6 is 31.9 Å². The van der Waals surface area contributed by atoms with Gasteiger partial charge in [-0.3, -0.25) is 9.69 Å². The van der Waals surface area contributed by atoms with Gasteiger partial charge in [0.15, 0.2) is 0 Å². The van der Waals surface area contributed by atoms with Crippen molar-refractivity contribution in [1.29, 1.82) is 0 Å². The number of halogens is 2. The highest BCUT2D eigenvalue weighted by Crippen LogP contribution is 2.32. The van der Waals surface area contributed by atoms with Gasteiger partial charge in [0.1, 0.15) is 0 Å². The molecular formula is C14H19Br2N3O2. The lowest BCUT2D eigenvalue weighted by Gasteiger charge is -2.31. The van der Waals surface area contributed by atoms with Crippen molar-refractivity contribution in [2.24, 2.45) is 5.73 Å². The van der Waals surface area contributed by atoms with Crippen molar-refractivity contribution in [3.8, 4) is 0 Å². The van der Waals surface area contributed by atoms with Crippen LogP contribution in [0.3, 0.4) is 0 Å². The Hall–Kier alpha value is -0.470. The van der Waals surface area contributed by atoms with Crippen molar-refractivity contribution in [2.45, 2.75) is 13.0 Å². The van der Waals surface area contributed by atoms with E-state index in [0.29, 0.717) is 26.2 Å². The van der Waals surface area contributed by atoms with Gasteiger partial charge in [-0.1, -0.05) is 0 Å². The zero-order chi connectivity index (χ0) is 15.4. The maximum absolute atomic E-state index is 12.2. The minimum atomic E-state index is -0.0436. The van der Waals surface area contributed by atoms with Gasteiger partial charge >= 0.3 is 0 Å². The van der Waals surface area contributed by atoms with Crippen LogP contribution in [0.4, 0.5) is 5.69 Å². The van der Waals surface area contributed by atoms with Gasteiger partial charge < -0.3 is 15.8 Å². The van der Waals surface area contributed by atoms with Gasteiger partial charge in [0, 0.05) is 28.6 Å². The first-order chi connectivity index (χ1) is 9.99. The topological polar surface area (TPSA) is 67.6 Å². The van der Waals surface area contributed by atoms with E-state index in [1.54, 1.807) is 0 Å². The molecule has 21 heavy (non-hydrogen) atoms. The molecule has 1 aliphatic heterocycles. The highest BCUT2D eigenvalue weighted by Gasteiger charge is 2.21. The van der Waals surface area contributed by atoms with E-state index in [0.717, 1.165) is 26.7 Å². The van der Waals surface area contributed by atoms with Crippen LogP contribution in [0.1, 0.15) is 5.56 Å². The fourth-order valence-electron chi connectivity index (χ4n) is 2.27. The Morgan fingerprint density at radius 1 is 1.48 bits per heavy atom. The molecule has 1 aliphatic rings. The minimum absolute atomic E-state index is 0.0180. The summed E-state index contributed by atoms with van der Waals surface area (Å²) in [4.78, 5) is 14.3. The van der Waals surface area contributed by atoms with Crippen molar-refractivity contribution < 1.29 is 9.53 Å². The van der Waals surface area contributed by atoms with Gasteiger partial charge in [0.2, 0.25) is 5.91 Å². The van der Waals surface area contributed by atoms with Crippen molar-refractivity contribution in [3.63, 3.8) is 0 Å². The summed E-state index contributed by atoms with van der Waals surface area (Å²) in [5.74, 6) is -0.0436. The largest absolute Gasteiger partial charge is 0.374 e. The Kier molecular flexibility index (Phi) is 6.19. The van der Waals surface area contributed by atoms with Crippen molar-refractivity contribution >= 4 is 43.5 Å². The molecule has 1 atom stereocenters. The molecule has 0 spiro atoms. The molecule has 0 aliphatic carbocycles. The normalized spacial score (nSPS) is 19.5. The SMILES string of the molecule is Cc1cc(Br)c(NC(=O)CN2CCOC(CN)C2)c(Br)c1. The van der Waals surface area contributed by atoms with Crippen LogP contribution in [0.5, 0.6) is 0 Å². The molecule has 0 aromatic heterocycles. The van der Waals surface area contributed by atoms with Crippen molar-refractivity contribution in [2.75, 3.05) is 38.1 Å². The molecule has 1 saturated heterocycles. The van der Waals surface area contributed by atoms with Gasteiger partial charge in [-0.05, 0) is 56.5 Å². The summed E-state index contributed by atoms with van der Waals surface area (Å²) in [6, 6.07) is 3.94. The third-order valence-corrected chi connectivity index (χ3v) is 4.55. The molecule has 7 heteroatoms. The number of morpholine rings is 1. The van der Waals surface area contributed by atoms with E-state index >= 15 is 0 Å². The number of hydrogen-bond donors (Lipinski definition) is 2. The number of carbonyl (C=O) groups excluding carboxylic acids is 1. The van der Waals surface area contributed by atoms with Crippen molar-refractivity contribution in [3.05, 3.63) is 26.6 Å². The zero-order valence-electron chi connectivity index (χ0n) is 11.9. The van der Waals surface area contributed by atoms with E-state index in [2.05, 4.69) is 42.1 Å². The molecule has 3 N–H and O–H groups in total. The predicted molar refractivity (Wildman–Crippen MR) is 90.4 cm³/mol. The smallest absolute Gasteiger partial charge is 0.238 e. The number of hydrogen-bond acceptors (Lipinski definition) is 4. The maximum atomic E-state index is 12.2. The molecule has 1 unspecified atom stereocenters. The lowest BCUT2D eigenvalue weighted by molar-refractivity contribution is -0.119. The number of nitrogens with zero attached hydrogens (tertiary/aromatic N) is 1. The van der Waals surface area contributed by atoms with Gasteiger partial charge in [0.25, 0.3) is 0 Å². The molecule has 116 valence electrons. The van der Waals surface area contributed by atoms with Crippen LogP contribution in [0, 0.1) is 6.92 Å². The minimum Gasteiger partial charge on any atom is -0.374 e. The molecule has 5 nitrogen and oxygen atoms in total. The lowest BCUT2D eigenvalue weighted by atomic mass is 10.2. The van der Waals surface area contributed by atoms with Gasteiger partial charge in [-0.2, -0.15) is 0 Å². The molecule has 1 fully saturated rings. The molecule has 1 amide bonds.